The fourth-order valence-corrected chi connectivity index (χ4v) is 3.24. The standard InChI is InChI=1S/C20H22FN3O2/c1-12-9-13(2)11-15(10-12)24-8-7-18(19(24)25)23-20(26)22-17-6-4-5-16(21)14(17)3/h4-6,9-11,18H,7-8H2,1-3H3,(H2,22,23,26). The number of halogens is 1. The first-order valence-electron chi connectivity index (χ1n) is 8.57. The summed E-state index contributed by atoms with van der Waals surface area (Å²) in [4.78, 5) is 26.6. The van der Waals surface area contributed by atoms with Crippen LogP contribution in [0.25, 0.3) is 0 Å². The molecule has 3 rings (SSSR count). The van der Waals surface area contributed by atoms with E-state index in [2.05, 4.69) is 16.7 Å². The molecule has 6 heteroatoms. The number of hydrogen-bond donors (Lipinski definition) is 2. The Morgan fingerprint density at radius 3 is 2.54 bits per heavy atom. The van der Waals surface area contributed by atoms with Crippen LogP contribution in [-0.2, 0) is 4.79 Å². The third kappa shape index (κ3) is 3.69. The van der Waals surface area contributed by atoms with Crippen molar-refractivity contribution in [1.82, 2.24) is 5.32 Å². The minimum atomic E-state index is -0.593. The van der Waals surface area contributed by atoms with E-state index in [1.54, 1.807) is 17.9 Å². The Labute approximate surface area is 152 Å². The Balaban J connectivity index is 1.67. The molecule has 0 bridgehead atoms. The summed E-state index contributed by atoms with van der Waals surface area (Å²) in [6.45, 7) is 6.11. The van der Waals surface area contributed by atoms with Gasteiger partial charge in [-0.15, -0.1) is 0 Å². The molecule has 0 aliphatic carbocycles. The predicted molar refractivity (Wildman–Crippen MR) is 100.0 cm³/mol. The highest BCUT2D eigenvalue weighted by Crippen LogP contribution is 2.24. The second kappa shape index (κ2) is 7.15. The minimum Gasteiger partial charge on any atom is -0.326 e. The molecule has 2 aromatic rings. The second-order valence-electron chi connectivity index (χ2n) is 6.69. The molecule has 1 unspecified atom stereocenters. The monoisotopic (exact) mass is 355 g/mol. The third-order valence-corrected chi connectivity index (χ3v) is 4.54. The molecule has 2 aromatic carbocycles. The average molecular weight is 355 g/mol. The van der Waals surface area contributed by atoms with Gasteiger partial charge in [-0.05, 0) is 62.6 Å². The first-order valence-corrected chi connectivity index (χ1v) is 8.57. The molecule has 26 heavy (non-hydrogen) atoms. The van der Waals surface area contributed by atoms with Crippen LogP contribution in [0.2, 0.25) is 0 Å². The summed E-state index contributed by atoms with van der Waals surface area (Å²) in [6, 6.07) is 9.35. The van der Waals surface area contributed by atoms with Gasteiger partial charge in [-0.25, -0.2) is 9.18 Å². The van der Waals surface area contributed by atoms with Gasteiger partial charge >= 0.3 is 6.03 Å². The molecule has 1 aliphatic heterocycles. The number of amides is 3. The summed E-state index contributed by atoms with van der Waals surface area (Å²) in [7, 11) is 0. The van der Waals surface area contributed by atoms with Crippen molar-refractivity contribution in [2.75, 3.05) is 16.8 Å². The van der Waals surface area contributed by atoms with Crippen LogP contribution in [0.3, 0.4) is 0 Å². The van der Waals surface area contributed by atoms with E-state index in [0.29, 0.717) is 24.2 Å². The molecule has 1 aliphatic rings. The number of carbonyl (C=O) groups is 2. The van der Waals surface area contributed by atoms with Crippen LogP contribution in [0.1, 0.15) is 23.1 Å². The van der Waals surface area contributed by atoms with Gasteiger partial charge in [-0.2, -0.15) is 0 Å². The number of aryl methyl sites for hydroxylation is 2. The maximum absolute atomic E-state index is 13.6. The largest absolute Gasteiger partial charge is 0.326 e. The summed E-state index contributed by atoms with van der Waals surface area (Å²) in [5, 5.41) is 5.30. The van der Waals surface area contributed by atoms with Crippen LogP contribution >= 0.6 is 0 Å². The van der Waals surface area contributed by atoms with Crippen LogP contribution in [0, 0.1) is 26.6 Å². The van der Waals surface area contributed by atoms with Crippen LogP contribution in [0.15, 0.2) is 36.4 Å². The van der Waals surface area contributed by atoms with Gasteiger partial charge in [-0.3, -0.25) is 4.79 Å². The van der Waals surface area contributed by atoms with Crippen LogP contribution < -0.4 is 15.5 Å². The quantitative estimate of drug-likeness (QED) is 0.882. The lowest BCUT2D eigenvalue weighted by Crippen LogP contribution is -2.43. The summed E-state index contributed by atoms with van der Waals surface area (Å²) in [6.07, 6.45) is 0.529. The van der Waals surface area contributed by atoms with Gasteiger partial charge in [0.25, 0.3) is 0 Å². The highest BCUT2D eigenvalue weighted by Gasteiger charge is 2.33. The Morgan fingerprint density at radius 2 is 1.85 bits per heavy atom. The summed E-state index contributed by atoms with van der Waals surface area (Å²) >= 11 is 0. The molecule has 1 atom stereocenters. The van der Waals surface area contributed by atoms with Crippen molar-refractivity contribution in [1.29, 1.82) is 0 Å². The van der Waals surface area contributed by atoms with Crippen molar-refractivity contribution >= 4 is 23.3 Å². The Hall–Kier alpha value is -2.89. The van der Waals surface area contributed by atoms with Gasteiger partial charge in [0.1, 0.15) is 11.9 Å². The SMILES string of the molecule is Cc1cc(C)cc(N2CCC(NC(=O)Nc3cccc(F)c3C)C2=O)c1. The first-order chi connectivity index (χ1) is 12.3. The van der Waals surface area contributed by atoms with E-state index in [9.17, 15) is 14.0 Å². The number of carbonyl (C=O) groups excluding carboxylic acids is 2. The highest BCUT2D eigenvalue weighted by molar-refractivity contribution is 6.02. The average Bonchev–Trinajstić information content (AvgIpc) is 2.92. The van der Waals surface area contributed by atoms with Gasteiger partial charge in [0.15, 0.2) is 0 Å². The van der Waals surface area contributed by atoms with Crippen molar-refractivity contribution in [3.05, 3.63) is 58.9 Å². The number of urea groups is 1. The Morgan fingerprint density at radius 1 is 1.15 bits per heavy atom. The van der Waals surface area contributed by atoms with Gasteiger partial charge in [0.05, 0.1) is 0 Å². The zero-order chi connectivity index (χ0) is 18.8. The van der Waals surface area contributed by atoms with E-state index < -0.39 is 12.1 Å². The topological polar surface area (TPSA) is 61.4 Å². The van der Waals surface area contributed by atoms with Crippen molar-refractivity contribution in [3.63, 3.8) is 0 Å². The lowest BCUT2D eigenvalue weighted by Gasteiger charge is -2.19. The van der Waals surface area contributed by atoms with Crippen LogP contribution in [0.5, 0.6) is 0 Å². The molecular formula is C20H22FN3O2. The predicted octanol–water partition coefficient (Wildman–Crippen LogP) is 3.68. The van der Waals surface area contributed by atoms with Crippen LogP contribution in [-0.4, -0.2) is 24.5 Å². The zero-order valence-corrected chi connectivity index (χ0v) is 15.1. The van der Waals surface area contributed by atoms with Gasteiger partial charge < -0.3 is 15.5 Å². The van der Waals surface area contributed by atoms with E-state index in [4.69, 9.17) is 0 Å². The Bertz CT molecular complexity index is 846. The van der Waals surface area contributed by atoms with Crippen molar-refractivity contribution in [3.8, 4) is 0 Å². The molecule has 2 N–H and O–H groups in total. The molecule has 1 fully saturated rings. The number of nitrogens with one attached hydrogen (secondary N) is 2. The molecule has 1 saturated heterocycles. The van der Waals surface area contributed by atoms with Gasteiger partial charge in [0, 0.05) is 23.5 Å². The molecule has 3 amide bonds. The highest BCUT2D eigenvalue weighted by atomic mass is 19.1. The van der Waals surface area contributed by atoms with Gasteiger partial charge in [-0.1, -0.05) is 12.1 Å². The third-order valence-electron chi connectivity index (χ3n) is 4.54. The number of benzene rings is 2. The van der Waals surface area contributed by atoms with E-state index in [1.807, 2.05) is 26.0 Å². The smallest absolute Gasteiger partial charge is 0.319 e. The molecular weight excluding hydrogens is 333 g/mol. The van der Waals surface area contributed by atoms with Crippen LogP contribution in [0.4, 0.5) is 20.6 Å². The fourth-order valence-electron chi connectivity index (χ4n) is 3.24. The molecule has 0 saturated carbocycles. The summed E-state index contributed by atoms with van der Waals surface area (Å²) in [5.41, 5.74) is 3.77. The zero-order valence-electron chi connectivity index (χ0n) is 15.1. The van der Waals surface area contributed by atoms with Crippen molar-refractivity contribution in [2.45, 2.75) is 33.2 Å². The minimum absolute atomic E-state index is 0.138. The van der Waals surface area contributed by atoms with E-state index in [0.717, 1.165) is 16.8 Å². The van der Waals surface area contributed by atoms with E-state index >= 15 is 0 Å². The lowest BCUT2D eigenvalue weighted by molar-refractivity contribution is -0.118. The maximum atomic E-state index is 13.6. The molecule has 0 radical (unpaired) electrons. The summed E-state index contributed by atoms with van der Waals surface area (Å²) < 4.78 is 13.6. The van der Waals surface area contributed by atoms with Gasteiger partial charge in [0.2, 0.25) is 5.91 Å². The number of nitrogens with zero attached hydrogens (tertiary/aromatic N) is 1. The molecule has 136 valence electrons. The lowest BCUT2D eigenvalue weighted by atomic mass is 10.1. The number of rotatable bonds is 3. The molecule has 0 aromatic heterocycles. The number of anilines is 2. The molecule has 1 heterocycles. The Kier molecular flexibility index (Phi) is 4.93. The first kappa shape index (κ1) is 17.9. The van der Waals surface area contributed by atoms with E-state index in [-0.39, 0.29) is 11.7 Å². The molecule has 0 spiro atoms. The molecule has 5 nitrogen and oxygen atoms in total. The van der Waals surface area contributed by atoms with E-state index in [1.165, 1.54) is 12.1 Å². The normalized spacial score (nSPS) is 16.7. The van der Waals surface area contributed by atoms with Crippen molar-refractivity contribution < 1.29 is 14.0 Å². The second-order valence-corrected chi connectivity index (χ2v) is 6.69. The maximum Gasteiger partial charge on any atom is 0.319 e. The van der Waals surface area contributed by atoms with Crippen molar-refractivity contribution in [2.24, 2.45) is 0 Å². The number of hydrogen-bond acceptors (Lipinski definition) is 2. The summed E-state index contributed by atoms with van der Waals surface area (Å²) in [5.74, 6) is -0.526. The fraction of sp³-hybridized carbons (Fsp3) is 0.300.